The van der Waals surface area contributed by atoms with Crippen molar-refractivity contribution in [2.24, 2.45) is 0 Å². The smallest absolute Gasteiger partial charge is 0.252 e. The van der Waals surface area contributed by atoms with Gasteiger partial charge in [-0.2, -0.15) is 0 Å². The molecule has 100 valence electrons. The lowest BCUT2D eigenvalue weighted by Gasteiger charge is -2.25. The number of fused-ring (bicyclic) bond motifs is 1. The lowest BCUT2D eigenvalue weighted by molar-refractivity contribution is 0.309. The fraction of sp³-hybridized carbons (Fsp3) is 0.643. The third kappa shape index (κ3) is 3.00. The van der Waals surface area contributed by atoms with Crippen LogP contribution in [-0.4, -0.2) is 29.5 Å². The van der Waals surface area contributed by atoms with Crippen LogP contribution in [0, 0.1) is 0 Å². The molecule has 0 radical (unpaired) electrons. The molecule has 0 aromatic carbocycles. The summed E-state index contributed by atoms with van der Waals surface area (Å²) < 4.78 is 0. The van der Waals surface area contributed by atoms with Crippen LogP contribution >= 0.6 is 0 Å². The van der Waals surface area contributed by atoms with Gasteiger partial charge in [-0.25, -0.2) is 0 Å². The van der Waals surface area contributed by atoms with Gasteiger partial charge in [-0.15, -0.1) is 0 Å². The third-order valence-corrected chi connectivity index (χ3v) is 3.73. The topological polar surface area (TPSA) is 48.1 Å². The van der Waals surface area contributed by atoms with E-state index in [-0.39, 0.29) is 5.56 Å². The van der Waals surface area contributed by atoms with Crippen LogP contribution in [0.3, 0.4) is 0 Å². The van der Waals surface area contributed by atoms with Crippen LogP contribution in [0.4, 0.5) is 0 Å². The van der Waals surface area contributed by atoms with Gasteiger partial charge in [0, 0.05) is 43.4 Å². The van der Waals surface area contributed by atoms with Gasteiger partial charge in [0.25, 0.3) is 5.56 Å². The highest BCUT2D eigenvalue weighted by Crippen LogP contribution is 2.15. The maximum atomic E-state index is 12.0. The molecule has 1 aromatic rings. The number of aromatic nitrogens is 1. The average Bonchev–Trinajstić information content (AvgIpc) is 2.36. The highest BCUT2D eigenvalue weighted by Gasteiger charge is 2.15. The van der Waals surface area contributed by atoms with Gasteiger partial charge in [-0.1, -0.05) is 6.92 Å². The van der Waals surface area contributed by atoms with E-state index < -0.39 is 0 Å². The molecule has 1 unspecified atom stereocenters. The summed E-state index contributed by atoms with van der Waals surface area (Å²) in [6, 6.07) is 2.52. The Balaban J connectivity index is 2.16. The maximum absolute atomic E-state index is 12.0. The summed E-state index contributed by atoms with van der Waals surface area (Å²) in [7, 11) is 2.12. The van der Waals surface area contributed by atoms with Crippen LogP contribution in [-0.2, 0) is 19.5 Å². The minimum absolute atomic E-state index is 0.0640. The van der Waals surface area contributed by atoms with Crippen molar-refractivity contribution in [2.45, 2.75) is 45.8 Å². The van der Waals surface area contributed by atoms with Crippen LogP contribution in [0.15, 0.2) is 10.9 Å². The number of hydrogen-bond acceptors (Lipinski definition) is 3. The molecule has 1 aliphatic heterocycles. The molecule has 2 rings (SSSR count). The average molecular weight is 249 g/mol. The molecular weight excluding hydrogens is 226 g/mol. The zero-order chi connectivity index (χ0) is 13.1. The van der Waals surface area contributed by atoms with Gasteiger partial charge in [-0.3, -0.25) is 4.79 Å². The van der Waals surface area contributed by atoms with Crippen molar-refractivity contribution in [1.82, 2.24) is 15.2 Å². The molecule has 4 nitrogen and oxygen atoms in total. The van der Waals surface area contributed by atoms with E-state index >= 15 is 0 Å². The molecule has 0 spiro atoms. The van der Waals surface area contributed by atoms with E-state index in [2.05, 4.69) is 42.2 Å². The Morgan fingerprint density at radius 3 is 3.06 bits per heavy atom. The number of nitrogens with zero attached hydrogens (tertiary/aromatic N) is 1. The lowest BCUT2D eigenvalue weighted by Crippen LogP contribution is -2.32. The molecular formula is C14H23N3O. The number of pyridine rings is 1. The fourth-order valence-electron chi connectivity index (χ4n) is 2.26. The van der Waals surface area contributed by atoms with Crippen molar-refractivity contribution in [3.63, 3.8) is 0 Å². The van der Waals surface area contributed by atoms with Crippen LogP contribution in [0.1, 0.15) is 37.1 Å². The van der Waals surface area contributed by atoms with Gasteiger partial charge in [0.05, 0.1) is 0 Å². The van der Waals surface area contributed by atoms with Crippen molar-refractivity contribution in [3.8, 4) is 0 Å². The van der Waals surface area contributed by atoms with Gasteiger partial charge >= 0.3 is 0 Å². The number of hydrogen-bond donors (Lipinski definition) is 2. The largest absolute Gasteiger partial charge is 0.326 e. The number of H-pyrrole nitrogens is 1. The Morgan fingerprint density at radius 1 is 1.56 bits per heavy atom. The predicted octanol–water partition coefficient (Wildman–Crippen LogP) is 1.25. The van der Waals surface area contributed by atoms with E-state index in [0.717, 1.165) is 37.2 Å². The molecule has 2 N–H and O–H groups in total. The number of nitrogens with one attached hydrogen (secondary N) is 2. The van der Waals surface area contributed by atoms with Crippen molar-refractivity contribution in [3.05, 3.63) is 33.2 Å². The number of likely N-dealkylation sites (N-methyl/N-ethyl adjacent to an activating group) is 1. The van der Waals surface area contributed by atoms with E-state index in [4.69, 9.17) is 0 Å². The Hall–Kier alpha value is -1.13. The van der Waals surface area contributed by atoms with E-state index in [0.29, 0.717) is 12.6 Å². The van der Waals surface area contributed by atoms with Crippen molar-refractivity contribution < 1.29 is 0 Å². The maximum Gasteiger partial charge on any atom is 0.252 e. The first kappa shape index (κ1) is 13.3. The molecule has 1 aromatic heterocycles. The van der Waals surface area contributed by atoms with Crippen LogP contribution in [0.2, 0.25) is 0 Å². The second-order valence-corrected chi connectivity index (χ2v) is 5.31. The molecule has 0 fully saturated rings. The number of rotatable bonds is 4. The van der Waals surface area contributed by atoms with E-state index in [1.165, 1.54) is 5.56 Å². The van der Waals surface area contributed by atoms with Crippen LogP contribution < -0.4 is 10.9 Å². The fourth-order valence-corrected chi connectivity index (χ4v) is 2.26. The SMILES string of the molecule is CCC(C)NCc1cc2c([nH]c1=O)CCN(C)C2. The molecule has 0 saturated heterocycles. The molecule has 1 atom stereocenters. The van der Waals surface area contributed by atoms with E-state index in [1.807, 2.05) is 0 Å². The van der Waals surface area contributed by atoms with E-state index in [9.17, 15) is 4.79 Å². The zero-order valence-electron chi connectivity index (χ0n) is 11.5. The minimum atomic E-state index is 0.0640. The highest BCUT2D eigenvalue weighted by atomic mass is 16.1. The molecule has 4 heteroatoms. The standard InChI is InChI=1S/C14H23N3O/c1-4-10(2)15-8-11-7-12-9-17(3)6-5-13(12)16-14(11)18/h7,10,15H,4-6,8-9H2,1-3H3,(H,16,18). The molecule has 0 amide bonds. The normalized spacial score (nSPS) is 17.5. The van der Waals surface area contributed by atoms with Crippen molar-refractivity contribution in [1.29, 1.82) is 0 Å². The molecule has 0 saturated carbocycles. The van der Waals surface area contributed by atoms with Gasteiger partial charge in [0.1, 0.15) is 0 Å². The Labute approximate surface area is 108 Å². The summed E-state index contributed by atoms with van der Waals surface area (Å²) in [5.74, 6) is 0. The molecule has 2 heterocycles. The van der Waals surface area contributed by atoms with Gasteiger partial charge in [0.15, 0.2) is 0 Å². The highest BCUT2D eigenvalue weighted by molar-refractivity contribution is 5.27. The van der Waals surface area contributed by atoms with Gasteiger partial charge < -0.3 is 15.2 Å². The summed E-state index contributed by atoms with van der Waals surface area (Å²) in [5.41, 5.74) is 3.30. The predicted molar refractivity (Wildman–Crippen MR) is 73.7 cm³/mol. The summed E-state index contributed by atoms with van der Waals surface area (Å²) in [6.07, 6.45) is 2.02. The summed E-state index contributed by atoms with van der Waals surface area (Å²) in [5, 5.41) is 3.37. The van der Waals surface area contributed by atoms with Crippen molar-refractivity contribution in [2.75, 3.05) is 13.6 Å². The second-order valence-electron chi connectivity index (χ2n) is 5.31. The molecule has 18 heavy (non-hydrogen) atoms. The lowest BCUT2D eigenvalue weighted by atomic mass is 10.0. The first-order chi connectivity index (χ1) is 8.60. The first-order valence-corrected chi connectivity index (χ1v) is 6.76. The number of aromatic amines is 1. The van der Waals surface area contributed by atoms with Gasteiger partial charge in [0.2, 0.25) is 0 Å². The third-order valence-electron chi connectivity index (χ3n) is 3.73. The van der Waals surface area contributed by atoms with E-state index in [1.54, 1.807) is 0 Å². The Bertz CT molecular complexity index is 467. The second kappa shape index (κ2) is 5.67. The molecule has 0 bridgehead atoms. The minimum Gasteiger partial charge on any atom is -0.326 e. The Kier molecular flexibility index (Phi) is 4.19. The summed E-state index contributed by atoms with van der Waals surface area (Å²) >= 11 is 0. The zero-order valence-corrected chi connectivity index (χ0v) is 11.5. The quantitative estimate of drug-likeness (QED) is 0.844. The monoisotopic (exact) mass is 249 g/mol. The summed E-state index contributed by atoms with van der Waals surface area (Å²) in [4.78, 5) is 17.3. The van der Waals surface area contributed by atoms with Gasteiger partial charge in [-0.05, 0) is 32.0 Å². The van der Waals surface area contributed by atoms with Crippen LogP contribution in [0.25, 0.3) is 0 Å². The van der Waals surface area contributed by atoms with Crippen LogP contribution in [0.5, 0.6) is 0 Å². The van der Waals surface area contributed by atoms with Crippen molar-refractivity contribution >= 4 is 0 Å². The first-order valence-electron chi connectivity index (χ1n) is 6.76. The molecule has 0 aliphatic carbocycles. The summed E-state index contributed by atoms with van der Waals surface area (Å²) in [6.45, 7) is 6.89. The molecule has 1 aliphatic rings. The Morgan fingerprint density at radius 2 is 2.33 bits per heavy atom.